The standard InChI is InChI=1S/C20H14FN3O2S2/c21-18-12-11-15(14-7-3-1-4-8-14)13-17(18)19-22-23-20(27-19)24-28(25,26)16-9-5-2-6-10-16/h1-13H,(H,23,24). The van der Waals surface area contributed by atoms with E-state index in [-0.39, 0.29) is 15.6 Å². The van der Waals surface area contributed by atoms with Crippen molar-refractivity contribution in [2.24, 2.45) is 0 Å². The molecular weight excluding hydrogens is 397 g/mol. The lowest BCUT2D eigenvalue weighted by molar-refractivity contribution is 0.601. The molecule has 0 unspecified atom stereocenters. The highest BCUT2D eigenvalue weighted by atomic mass is 32.2. The van der Waals surface area contributed by atoms with Crippen molar-refractivity contribution in [2.45, 2.75) is 4.90 Å². The molecule has 1 heterocycles. The Labute approximate surface area is 165 Å². The molecule has 1 N–H and O–H groups in total. The molecule has 0 aliphatic rings. The molecule has 0 aliphatic carbocycles. The Morgan fingerprint density at radius 3 is 2.21 bits per heavy atom. The number of nitrogens with zero attached hydrogens (tertiary/aromatic N) is 2. The lowest BCUT2D eigenvalue weighted by Crippen LogP contribution is -2.12. The van der Waals surface area contributed by atoms with E-state index in [1.165, 1.54) is 18.2 Å². The van der Waals surface area contributed by atoms with Gasteiger partial charge in [-0.15, -0.1) is 10.2 Å². The van der Waals surface area contributed by atoms with E-state index in [1.807, 2.05) is 30.3 Å². The molecule has 0 amide bonds. The van der Waals surface area contributed by atoms with Crippen molar-refractivity contribution in [3.8, 4) is 21.7 Å². The summed E-state index contributed by atoms with van der Waals surface area (Å²) in [6, 6.07) is 22.2. The van der Waals surface area contributed by atoms with Crippen molar-refractivity contribution < 1.29 is 12.8 Å². The van der Waals surface area contributed by atoms with Gasteiger partial charge in [0.05, 0.1) is 4.90 Å². The molecule has 28 heavy (non-hydrogen) atoms. The maximum Gasteiger partial charge on any atom is 0.263 e. The quantitative estimate of drug-likeness (QED) is 0.511. The van der Waals surface area contributed by atoms with E-state index in [9.17, 15) is 12.8 Å². The summed E-state index contributed by atoms with van der Waals surface area (Å²) in [5, 5.41) is 8.19. The van der Waals surface area contributed by atoms with Gasteiger partial charge in [-0.2, -0.15) is 0 Å². The molecule has 0 fully saturated rings. The summed E-state index contributed by atoms with van der Waals surface area (Å²) in [6.07, 6.45) is 0. The molecule has 3 aromatic carbocycles. The van der Waals surface area contributed by atoms with E-state index >= 15 is 0 Å². The Hall–Kier alpha value is -3.10. The molecular formula is C20H14FN3O2S2. The minimum absolute atomic E-state index is 0.0726. The summed E-state index contributed by atoms with van der Waals surface area (Å²) in [6.45, 7) is 0. The van der Waals surface area contributed by atoms with Gasteiger partial charge in [0.2, 0.25) is 5.13 Å². The average Bonchev–Trinajstić information content (AvgIpc) is 3.17. The van der Waals surface area contributed by atoms with Gasteiger partial charge in [0, 0.05) is 5.56 Å². The van der Waals surface area contributed by atoms with Crippen LogP contribution in [0.15, 0.2) is 83.8 Å². The minimum Gasteiger partial charge on any atom is -0.253 e. The Balaban J connectivity index is 1.65. The van der Waals surface area contributed by atoms with Crippen LogP contribution < -0.4 is 4.72 Å². The number of hydrogen-bond donors (Lipinski definition) is 1. The number of rotatable bonds is 5. The summed E-state index contributed by atoms with van der Waals surface area (Å²) in [4.78, 5) is 0.115. The van der Waals surface area contributed by atoms with Crippen molar-refractivity contribution in [2.75, 3.05) is 4.72 Å². The summed E-state index contributed by atoms with van der Waals surface area (Å²) >= 11 is 0.973. The normalized spacial score (nSPS) is 11.3. The second kappa shape index (κ2) is 7.49. The van der Waals surface area contributed by atoms with Crippen LogP contribution in [0.1, 0.15) is 0 Å². The molecule has 0 aliphatic heterocycles. The summed E-state index contributed by atoms with van der Waals surface area (Å²) in [7, 11) is -3.78. The van der Waals surface area contributed by atoms with E-state index in [4.69, 9.17) is 0 Å². The number of halogens is 1. The third-order valence-electron chi connectivity index (χ3n) is 4.00. The Morgan fingerprint density at radius 2 is 1.50 bits per heavy atom. The van der Waals surface area contributed by atoms with Crippen LogP contribution in [-0.4, -0.2) is 18.6 Å². The van der Waals surface area contributed by atoms with Gasteiger partial charge in [-0.3, -0.25) is 4.72 Å². The SMILES string of the molecule is O=S(=O)(Nc1nnc(-c2cc(-c3ccccc3)ccc2F)s1)c1ccccc1. The number of sulfonamides is 1. The third kappa shape index (κ3) is 3.78. The van der Waals surface area contributed by atoms with Crippen LogP contribution in [0.5, 0.6) is 0 Å². The largest absolute Gasteiger partial charge is 0.263 e. The molecule has 0 saturated carbocycles. The third-order valence-corrected chi connectivity index (χ3v) is 6.36. The molecule has 4 rings (SSSR count). The summed E-state index contributed by atoms with van der Waals surface area (Å²) in [5.74, 6) is -0.451. The van der Waals surface area contributed by atoms with Gasteiger partial charge in [0.1, 0.15) is 5.82 Å². The first-order valence-corrected chi connectivity index (χ1v) is 10.6. The lowest BCUT2D eigenvalue weighted by Gasteiger charge is -2.05. The first-order chi connectivity index (χ1) is 13.5. The van der Waals surface area contributed by atoms with Gasteiger partial charge in [0.25, 0.3) is 10.0 Å². The highest BCUT2D eigenvalue weighted by Crippen LogP contribution is 2.32. The van der Waals surface area contributed by atoms with Crippen LogP contribution in [0, 0.1) is 5.82 Å². The second-order valence-electron chi connectivity index (χ2n) is 5.89. The monoisotopic (exact) mass is 411 g/mol. The topological polar surface area (TPSA) is 72.0 Å². The van der Waals surface area contributed by atoms with Crippen molar-refractivity contribution in [1.29, 1.82) is 0 Å². The molecule has 0 radical (unpaired) electrons. The first-order valence-electron chi connectivity index (χ1n) is 8.30. The van der Waals surface area contributed by atoms with E-state index < -0.39 is 15.8 Å². The molecule has 4 aromatic rings. The van der Waals surface area contributed by atoms with Crippen LogP contribution in [0.25, 0.3) is 21.7 Å². The number of benzene rings is 3. The van der Waals surface area contributed by atoms with Crippen molar-refractivity contribution in [1.82, 2.24) is 10.2 Å². The van der Waals surface area contributed by atoms with Gasteiger partial charge in [-0.25, -0.2) is 12.8 Å². The number of aromatic nitrogens is 2. The minimum atomic E-state index is -3.78. The van der Waals surface area contributed by atoms with Crippen LogP contribution in [0.2, 0.25) is 0 Å². The van der Waals surface area contributed by atoms with Crippen LogP contribution in [0.4, 0.5) is 9.52 Å². The van der Waals surface area contributed by atoms with Gasteiger partial charge >= 0.3 is 0 Å². The van der Waals surface area contributed by atoms with E-state index in [0.29, 0.717) is 5.01 Å². The highest BCUT2D eigenvalue weighted by Gasteiger charge is 2.18. The first kappa shape index (κ1) is 18.3. The fraction of sp³-hybridized carbons (Fsp3) is 0. The van der Waals surface area contributed by atoms with Crippen LogP contribution >= 0.6 is 11.3 Å². The number of anilines is 1. The van der Waals surface area contributed by atoms with Crippen molar-refractivity contribution >= 4 is 26.5 Å². The lowest BCUT2D eigenvalue weighted by atomic mass is 10.0. The zero-order valence-corrected chi connectivity index (χ0v) is 16.0. The zero-order valence-electron chi connectivity index (χ0n) is 14.4. The van der Waals surface area contributed by atoms with Gasteiger partial charge in [-0.1, -0.05) is 65.9 Å². The average molecular weight is 411 g/mol. The van der Waals surface area contributed by atoms with Crippen LogP contribution in [-0.2, 0) is 10.0 Å². The predicted octanol–water partition coefficient (Wildman–Crippen LogP) is 4.81. The Morgan fingerprint density at radius 1 is 0.821 bits per heavy atom. The summed E-state index contributed by atoms with van der Waals surface area (Å²) in [5.41, 5.74) is 2.04. The fourth-order valence-corrected chi connectivity index (χ4v) is 4.66. The molecule has 0 saturated heterocycles. The highest BCUT2D eigenvalue weighted by molar-refractivity contribution is 7.93. The van der Waals surface area contributed by atoms with Gasteiger partial charge < -0.3 is 0 Å². The van der Waals surface area contributed by atoms with E-state index in [1.54, 1.807) is 30.3 Å². The maximum atomic E-state index is 14.4. The molecule has 1 aromatic heterocycles. The van der Waals surface area contributed by atoms with Crippen LogP contribution in [0.3, 0.4) is 0 Å². The molecule has 5 nitrogen and oxygen atoms in total. The van der Waals surface area contributed by atoms with E-state index in [2.05, 4.69) is 14.9 Å². The Bertz CT molecular complexity index is 1210. The van der Waals surface area contributed by atoms with Crippen molar-refractivity contribution in [3.05, 3.63) is 84.7 Å². The molecule has 0 bridgehead atoms. The molecule has 0 atom stereocenters. The fourth-order valence-electron chi connectivity index (χ4n) is 2.65. The van der Waals surface area contributed by atoms with Gasteiger partial charge in [-0.05, 0) is 35.4 Å². The van der Waals surface area contributed by atoms with Crippen molar-refractivity contribution in [3.63, 3.8) is 0 Å². The maximum absolute atomic E-state index is 14.4. The number of hydrogen-bond acceptors (Lipinski definition) is 5. The number of nitrogens with one attached hydrogen (secondary N) is 1. The Kier molecular flexibility index (Phi) is 4.89. The smallest absolute Gasteiger partial charge is 0.253 e. The zero-order chi connectivity index (χ0) is 19.6. The molecule has 8 heteroatoms. The molecule has 0 spiro atoms. The summed E-state index contributed by atoms with van der Waals surface area (Å²) < 4.78 is 41.6. The molecule has 140 valence electrons. The van der Waals surface area contributed by atoms with E-state index in [0.717, 1.165) is 22.5 Å². The second-order valence-corrected chi connectivity index (χ2v) is 8.55. The van der Waals surface area contributed by atoms with Gasteiger partial charge in [0.15, 0.2) is 5.01 Å². The predicted molar refractivity (Wildman–Crippen MR) is 108 cm³/mol.